The largest absolute Gasteiger partial charge is 0.493 e. The van der Waals surface area contributed by atoms with Crippen LogP contribution in [0.5, 0.6) is 11.5 Å². The molecule has 1 aromatic heterocycles. The molecule has 0 amide bonds. The lowest BCUT2D eigenvalue weighted by molar-refractivity contribution is 0.354. The summed E-state index contributed by atoms with van der Waals surface area (Å²) >= 11 is 0. The van der Waals surface area contributed by atoms with E-state index in [1.54, 1.807) is 14.2 Å². The van der Waals surface area contributed by atoms with Gasteiger partial charge in [-0.25, -0.2) is 4.99 Å². The molecule has 0 unspecified atom stereocenters. The van der Waals surface area contributed by atoms with Crippen LogP contribution in [0.3, 0.4) is 0 Å². The summed E-state index contributed by atoms with van der Waals surface area (Å²) in [6.45, 7) is 3.89. The van der Waals surface area contributed by atoms with Crippen LogP contribution in [0.1, 0.15) is 11.1 Å². The summed E-state index contributed by atoms with van der Waals surface area (Å²) in [6.07, 6.45) is 3.81. The topological polar surface area (TPSA) is 86.7 Å². The molecule has 0 fully saturated rings. The number of rotatable bonds is 7. The van der Waals surface area contributed by atoms with Crippen LogP contribution < -0.4 is 20.5 Å². The Morgan fingerprint density at radius 2 is 2.09 bits per heavy atom. The van der Waals surface area contributed by atoms with Crippen molar-refractivity contribution in [1.29, 1.82) is 0 Å². The fourth-order valence-electron chi connectivity index (χ4n) is 2.10. The van der Waals surface area contributed by atoms with Crippen LogP contribution in [-0.4, -0.2) is 36.5 Å². The molecule has 7 nitrogen and oxygen atoms in total. The first-order valence-electron chi connectivity index (χ1n) is 7.36. The second-order valence-corrected chi connectivity index (χ2v) is 5.10. The Hall–Kier alpha value is -2.70. The monoisotopic (exact) mass is 317 g/mol. The molecule has 0 aliphatic carbocycles. The third-order valence-corrected chi connectivity index (χ3v) is 3.29. The summed E-state index contributed by atoms with van der Waals surface area (Å²) < 4.78 is 12.3. The molecule has 7 heteroatoms. The van der Waals surface area contributed by atoms with Gasteiger partial charge in [0.2, 0.25) is 0 Å². The number of guanidine groups is 1. The summed E-state index contributed by atoms with van der Waals surface area (Å²) in [5.74, 6) is 1.78. The number of nitrogens with one attached hydrogen (secondary N) is 1. The predicted octanol–water partition coefficient (Wildman–Crippen LogP) is 1.31. The van der Waals surface area contributed by atoms with Crippen molar-refractivity contribution in [2.24, 2.45) is 10.7 Å². The van der Waals surface area contributed by atoms with Gasteiger partial charge in [-0.15, -0.1) is 0 Å². The van der Waals surface area contributed by atoms with E-state index in [2.05, 4.69) is 15.4 Å². The van der Waals surface area contributed by atoms with Crippen molar-refractivity contribution in [3.8, 4) is 11.5 Å². The van der Waals surface area contributed by atoms with Crippen molar-refractivity contribution in [3.05, 3.63) is 41.7 Å². The molecular formula is C16H23N5O2. The molecule has 0 aliphatic heterocycles. The maximum absolute atomic E-state index is 5.87. The van der Waals surface area contributed by atoms with Crippen molar-refractivity contribution in [1.82, 2.24) is 15.1 Å². The molecule has 124 valence electrons. The van der Waals surface area contributed by atoms with Crippen LogP contribution in [0, 0.1) is 6.92 Å². The van der Waals surface area contributed by atoms with Gasteiger partial charge in [0.05, 0.1) is 33.5 Å². The SMILES string of the molecule is COc1ccc(CN=C(N)NCCn2cc(C)cn2)cc1OC. The highest BCUT2D eigenvalue weighted by Gasteiger charge is 2.04. The maximum atomic E-state index is 5.87. The van der Waals surface area contributed by atoms with Gasteiger partial charge in [0.15, 0.2) is 17.5 Å². The Bertz CT molecular complexity index is 666. The molecule has 0 aliphatic rings. The molecule has 0 atom stereocenters. The molecule has 0 saturated heterocycles. The Morgan fingerprint density at radius 1 is 1.30 bits per heavy atom. The molecule has 0 saturated carbocycles. The van der Waals surface area contributed by atoms with E-state index in [9.17, 15) is 0 Å². The van der Waals surface area contributed by atoms with Crippen molar-refractivity contribution in [2.75, 3.05) is 20.8 Å². The summed E-state index contributed by atoms with van der Waals surface area (Å²) in [5, 5.41) is 7.28. The van der Waals surface area contributed by atoms with Crippen LogP contribution in [0.25, 0.3) is 0 Å². The fraction of sp³-hybridized carbons (Fsp3) is 0.375. The number of nitrogens with two attached hydrogens (primary N) is 1. The molecule has 3 N–H and O–H groups in total. The van der Waals surface area contributed by atoms with Crippen LogP contribution in [0.15, 0.2) is 35.6 Å². The van der Waals surface area contributed by atoms with Gasteiger partial charge >= 0.3 is 0 Å². The standard InChI is InChI=1S/C16H23N5O2/c1-12-9-20-21(11-12)7-6-18-16(17)19-10-13-4-5-14(22-2)15(8-13)23-3/h4-5,8-9,11H,6-7,10H2,1-3H3,(H3,17,18,19). The van der Waals surface area contributed by atoms with E-state index >= 15 is 0 Å². The minimum atomic E-state index is 0.406. The van der Waals surface area contributed by atoms with Gasteiger partial charge in [0, 0.05) is 12.7 Å². The van der Waals surface area contributed by atoms with Gasteiger partial charge in [0.25, 0.3) is 0 Å². The van der Waals surface area contributed by atoms with Crippen LogP contribution in [-0.2, 0) is 13.1 Å². The van der Waals surface area contributed by atoms with Gasteiger partial charge in [-0.3, -0.25) is 4.68 Å². The Balaban J connectivity index is 1.84. The number of hydrogen-bond donors (Lipinski definition) is 2. The van der Waals surface area contributed by atoms with E-state index in [-0.39, 0.29) is 0 Å². The van der Waals surface area contributed by atoms with Crippen molar-refractivity contribution < 1.29 is 9.47 Å². The number of benzene rings is 1. The average Bonchev–Trinajstić information content (AvgIpc) is 2.98. The molecule has 1 aromatic carbocycles. The predicted molar refractivity (Wildman–Crippen MR) is 89.8 cm³/mol. The van der Waals surface area contributed by atoms with E-state index in [4.69, 9.17) is 15.2 Å². The summed E-state index contributed by atoms with van der Waals surface area (Å²) in [5.41, 5.74) is 8.01. The van der Waals surface area contributed by atoms with E-state index in [1.807, 2.05) is 42.2 Å². The average molecular weight is 317 g/mol. The highest BCUT2D eigenvalue weighted by Crippen LogP contribution is 2.27. The lowest BCUT2D eigenvalue weighted by Gasteiger charge is -2.09. The van der Waals surface area contributed by atoms with Crippen molar-refractivity contribution >= 4 is 5.96 Å². The number of aliphatic imine (C=N–C) groups is 1. The Kier molecular flexibility index (Phi) is 5.85. The summed E-state index contributed by atoms with van der Waals surface area (Å²) in [7, 11) is 3.22. The van der Waals surface area contributed by atoms with Gasteiger partial charge in [-0.1, -0.05) is 6.07 Å². The fourth-order valence-corrected chi connectivity index (χ4v) is 2.10. The lowest BCUT2D eigenvalue weighted by Crippen LogP contribution is -2.34. The van der Waals surface area contributed by atoms with Gasteiger partial charge in [-0.2, -0.15) is 5.10 Å². The second kappa shape index (κ2) is 8.07. The van der Waals surface area contributed by atoms with Crippen LogP contribution in [0.4, 0.5) is 0 Å². The molecule has 0 bridgehead atoms. The quantitative estimate of drug-likeness (QED) is 0.594. The zero-order valence-corrected chi connectivity index (χ0v) is 13.7. The molecule has 0 spiro atoms. The Morgan fingerprint density at radius 3 is 2.74 bits per heavy atom. The molecule has 1 heterocycles. The van der Waals surface area contributed by atoms with Gasteiger partial charge in [-0.05, 0) is 30.2 Å². The minimum Gasteiger partial charge on any atom is -0.493 e. The number of ether oxygens (including phenoxy) is 2. The lowest BCUT2D eigenvalue weighted by atomic mass is 10.2. The van der Waals surface area contributed by atoms with Crippen molar-refractivity contribution in [3.63, 3.8) is 0 Å². The van der Waals surface area contributed by atoms with E-state index in [0.717, 1.165) is 17.7 Å². The maximum Gasteiger partial charge on any atom is 0.188 e. The normalized spacial score (nSPS) is 11.3. The third-order valence-electron chi connectivity index (χ3n) is 3.29. The smallest absolute Gasteiger partial charge is 0.188 e. The summed E-state index contributed by atoms with van der Waals surface area (Å²) in [4.78, 5) is 4.32. The van der Waals surface area contributed by atoms with E-state index in [0.29, 0.717) is 30.5 Å². The number of hydrogen-bond acceptors (Lipinski definition) is 4. The zero-order chi connectivity index (χ0) is 16.7. The zero-order valence-electron chi connectivity index (χ0n) is 13.7. The number of aryl methyl sites for hydroxylation is 1. The molecule has 2 aromatic rings. The molecule has 23 heavy (non-hydrogen) atoms. The Labute approximate surface area is 136 Å². The first-order valence-corrected chi connectivity index (χ1v) is 7.36. The molecule has 2 rings (SSSR count). The van der Waals surface area contributed by atoms with Crippen LogP contribution in [0.2, 0.25) is 0 Å². The minimum absolute atomic E-state index is 0.406. The highest BCUT2D eigenvalue weighted by atomic mass is 16.5. The van der Waals surface area contributed by atoms with Crippen LogP contribution >= 0.6 is 0 Å². The number of methoxy groups -OCH3 is 2. The third kappa shape index (κ3) is 4.91. The first-order chi connectivity index (χ1) is 11.1. The first kappa shape index (κ1) is 16.7. The van der Waals surface area contributed by atoms with Gasteiger partial charge < -0.3 is 20.5 Å². The second-order valence-electron chi connectivity index (χ2n) is 5.10. The van der Waals surface area contributed by atoms with Crippen molar-refractivity contribution in [2.45, 2.75) is 20.0 Å². The number of aromatic nitrogens is 2. The van der Waals surface area contributed by atoms with Gasteiger partial charge in [0.1, 0.15) is 0 Å². The molecule has 0 radical (unpaired) electrons. The summed E-state index contributed by atoms with van der Waals surface area (Å²) in [6, 6.07) is 5.68. The number of nitrogens with zero attached hydrogens (tertiary/aromatic N) is 3. The highest BCUT2D eigenvalue weighted by molar-refractivity contribution is 5.77. The van der Waals surface area contributed by atoms with E-state index in [1.165, 1.54) is 0 Å². The van der Waals surface area contributed by atoms with E-state index < -0.39 is 0 Å². The molecular weight excluding hydrogens is 294 g/mol.